The third kappa shape index (κ3) is 3.75. The van der Waals surface area contributed by atoms with Gasteiger partial charge in [0.1, 0.15) is 17.0 Å². The summed E-state index contributed by atoms with van der Waals surface area (Å²) in [6.45, 7) is 4.64. The molecule has 0 spiro atoms. The van der Waals surface area contributed by atoms with E-state index < -0.39 is 6.10 Å². The molecular formula is C21H23N3O3S. The highest BCUT2D eigenvalue weighted by Gasteiger charge is 2.27. The molecule has 1 amide bonds. The standard InChI is InChI=1S/C21H23N3O3S/c1-15(27-16-7-4-3-5-8-16)20(25)23-11-13-24(14-12-23)21-22-19-17(26-2)9-6-10-18(19)28-21/h3-10,15H,11-14H2,1-2H3. The van der Waals surface area contributed by atoms with E-state index in [1.165, 1.54) is 0 Å². The van der Waals surface area contributed by atoms with Crippen molar-refractivity contribution in [2.45, 2.75) is 13.0 Å². The van der Waals surface area contributed by atoms with Gasteiger partial charge in [-0.1, -0.05) is 35.6 Å². The lowest BCUT2D eigenvalue weighted by Gasteiger charge is -2.35. The molecular weight excluding hydrogens is 374 g/mol. The first-order valence-corrected chi connectivity index (χ1v) is 10.2. The van der Waals surface area contributed by atoms with Crippen molar-refractivity contribution in [1.29, 1.82) is 0 Å². The van der Waals surface area contributed by atoms with E-state index in [9.17, 15) is 4.79 Å². The fraction of sp³-hybridized carbons (Fsp3) is 0.333. The third-order valence-corrected chi connectivity index (χ3v) is 5.94. The molecule has 28 heavy (non-hydrogen) atoms. The number of piperazine rings is 1. The summed E-state index contributed by atoms with van der Waals surface area (Å²) in [6.07, 6.45) is -0.499. The van der Waals surface area contributed by atoms with Gasteiger partial charge in [-0.25, -0.2) is 4.98 Å². The van der Waals surface area contributed by atoms with Gasteiger partial charge in [0, 0.05) is 26.2 Å². The van der Waals surface area contributed by atoms with E-state index in [2.05, 4.69) is 11.0 Å². The molecule has 146 valence electrons. The highest BCUT2D eigenvalue weighted by atomic mass is 32.1. The molecule has 0 aliphatic carbocycles. The van der Waals surface area contributed by atoms with Crippen LogP contribution in [-0.4, -0.2) is 55.2 Å². The van der Waals surface area contributed by atoms with Crippen LogP contribution in [0.1, 0.15) is 6.92 Å². The van der Waals surface area contributed by atoms with Gasteiger partial charge in [-0.05, 0) is 31.2 Å². The van der Waals surface area contributed by atoms with Crippen LogP contribution in [0, 0.1) is 0 Å². The number of aromatic nitrogens is 1. The number of anilines is 1. The molecule has 0 bridgehead atoms. The van der Waals surface area contributed by atoms with Gasteiger partial charge >= 0.3 is 0 Å². The molecule has 1 atom stereocenters. The SMILES string of the molecule is COc1cccc2sc(N3CCN(C(=O)C(C)Oc4ccccc4)CC3)nc12. The zero-order chi connectivity index (χ0) is 19.5. The summed E-state index contributed by atoms with van der Waals surface area (Å²) in [7, 11) is 1.66. The van der Waals surface area contributed by atoms with Gasteiger partial charge in [0.25, 0.3) is 5.91 Å². The van der Waals surface area contributed by atoms with Crippen molar-refractivity contribution in [3.63, 3.8) is 0 Å². The van der Waals surface area contributed by atoms with E-state index in [1.54, 1.807) is 18.4 Å². The first-order valence-electron chi connectivity index (χ1n) is 9.34. The predicted octanol–water partition coefficient (Wildman–Crippen LogP) is 3.42. The predicted molar refractivity (Wildman–Crippen MR) is 111 cm³/mol. The summed E-state index contributed by atoms with van der Waals surface area (Å²) in [5, 5.41) is 0.972. The van der Waals surface area contributed by atoms with E-state index in [0.29, 0.717) is 18.8 Å². The van der Waals surface area contributed by atoms with Crippen molar-refractivity contribution in [2.75, 3.05) is 38.2 Å². The van der Waals surface area contributed by atoms with Crippen LogP contribution in [0.2, 0.25) is 0 Å². The van der Waals surface area contributed by atoms with Crippen LogP contribution in [0.5, 0.6) is 11.5 Å². The van der Waals surface area contributed by atoms with E-state index in [1.807, 2.05) is 54.3 Å². The number of methoxy groups -OCH3 is 1. The zero-order valence-corrected chi connectivity index (χ0v) is 16.8. The lowest BCUT2D eigenvalue weighted by molar-refractivity contribution is -0.138. The number of carbonyl (C=O) groups excluding carboxylic acids is 1. The Morgan fingerprint density at radius 2 is 1.82 bits per heavy atom. The second kappa shape index (κ2) is 8.06. The number of amides is 1. The highest BCUT2D eigenvalue weighted by Crippen LogP contribution is 2.34. The first kappa shape index (κ1) is 18.6. The van der Waals surface area contributed by atoms with Gasteiger partial charge in [0.05, 0.1) is 11.8 Å². The largest absolute Gasteiger partial charge is 0.494 e. The monoisotopic (exact) mass is 397 g/mol. The number of rotatable bonds is 5. The summed E-state index contributed by atoms with van der Waals surface area (Å²) in [6, 6.07) is 15.4. The number of carbonyl (C=O) groups is 1. The summed E-state index contributed by atoms with van der Waals surface area (Å²) in [5.74, 6) is 1.53. The second-order valence-electron chi connectivity index (χ2n) is 6.69. The molecule has 1 aromatic heterocycles. The molecule has 0 N–H and O–H groups in total. The number of ether oxygens (including phenoxy) is 2. The average molecular weight is 398 g/mol. The van der Waals surface area contributed by atoms with Gasteiger partial charge in [0.2, 0.25) is 0 Å². The van der Waals surface area contributed by atoms with E-state index >= 15 is 0 Å². The fourth-order valence-electron chi connectivity index (χ4n) is 3.34. The third-order valence-electron chi connectivity index (χ3n) is 4.86. The van der Waals surface area contributed by atoms with Crippen LogP contribution >= 0.6 is 11.3 Å². The van der Waals surface area contributed by atoms with Crippen LogP contribution < -0.4 is 14.4 Å². The molecule has 1 fully saturated rings. The lowest BCUT2D eigenvalue weighted by atomic mass is 10.2. The average Bonchev–Trinajstić information content (AvgIpc) is 3.18. The summed E-state index contributed by atoms with van der Waals surface area (Å²) in [5.41, 5.74) is 0.897. The van der Waals surface area contributed by atoms with Crippen molar-refractivity contribution in [3.8, 4) is 11.5 Å². The smallest absolute Gasteiger partial charge is 0.263 e. The van der Waals surface area contributed by atoms with Gasteiger partial charge in [-0.3, -0.25) is 4.79 Å². The maximum Gasteiger partial charge on any atom is 0.263 e. The Bertz CT molecular complexity index is 952. The van der Waals surface area contributed by atoms with E-state index in [-0.39, 0.29) is 5.91 Å². The molecule has 7 heteroatoms. The number of thiazole rings is 1. The molecule has 1 saturated heterocycles. The Hall–Kier alpha value is -2.80. The van der Waals surface area contributed by atoms with E-state index in [0.717, 1.165) is 34.2 Å². The van der Waals surface area contributed by atoms with Crippen molar-refractivity contribution in [3.05, 3.63) is 48.5 Å². The lowest BCUT2D eigenvalue weighted by Crippen LogP contribution is -2.52. The molecule has 0 saturated carbocycles. The van der Waals surface area contributed by atoms with E-state index in [4.69, 9.17) is 14.5 Å². The van der Waals surface area contributed by atoms with Crippen LogP contribution in [0.15, 0.2) is 48.5 Å². The molecule has 4 rings (SSSR count). The van der Waals surface area contributed by atoms with Gasteiger partial charge in [0.15, 0.2) is 11.2 Å². The molecule has 1 aliphatic rings. The van der Waals surface area contributed by atoms with Gasteiger partial charge in [-0.15, -0.1) is 0 Å². The Morgan fingerprint density at radius 3 is 2.54 bits per heavy atom. The molecule has 0 radical (unpaired) electrons. The molecule has 1 aliphatic heterocycles. The minimum absolute atomic E-state index is 0.0227. The topological polar surface area (TPSA) is 54.9 Å². The molecule has 1 unspecified atom stereocenters. The minimum Gasteiger partial charge on any atom is -0.494 e. The number of para-hydroxylation sites is 2. The highest BCUT2D eigenvalue weighted by molar-refractivity contribution is 7.22. The summed E-state index contributed by atoms with van der Waals surface area (Å²) >= 11 is 1.66. The quantitative estimate of drug-likeness (QED) is 0.660. The molecule has 2 aromatic carbocycles. The Morgan fingerprint density at radius 1 is 1.07 bits per heavy atom. The minimum atomic E-state index is -0.499. The number of hydrogen-bond acceptors (Lipinski definition) is 6. The molecule has 3 aromatic rings. The van der Waals surface area contributed by atoms with Crippen molar-refractivity contribution >= 4 is 32.6 Å². The van der Waals surface area contributed by atoms with Gasteiger partial charge < -0.3 is 19.3 Å². The Labute approximate surface area is 168 Å². The number of nitrogens with zero attached hydrogens (tertiary/aromatic N) is 3. The fourth-order valence-corrected chi connectivity index (χ4v) is 4.38. The summed E-state index contributed by atoms with van der Waals surface area (Å²) in [4.78, 5) is 21.6. The van der Waals surface area contributed by atoms with Gasteiger partial charge in [-0.2, -0.15) is 0 Å². The van der Waals surface area contributed by atoms with Crippen LogP contribution in [0.4, 0.5) is 5.13 Å². The molecule has 2 heterocycles. The van der Waals surface area contributed by atoms with Crippen molar-refractivity contribution in [2.24, 2.45) is 0 Å². The number of hydrogen-bond donors (Lipinski definition) is 0. The zero-order valence-electron chi connectivity index (χ0n) is 16.0. The van der Waals surface area contributed by atoms with Crippen molar-refractivity contribution < 1.29 is 14.3 Å². The van der Waals surface area contributed by atoms with Crippen LogP contribution in [-0.2, 0) is 4.79 Å². The Kier molecular flexibility index (Phi) is 5.34. The summed E-state index contributed by atoms with van der Waals surface area (Å²) < 4.78 is 12.3. The number of fused-ring (bicyclic) bond motifs is 1. The van der Waals surface area contributed by atoms with Crippen molar-refractivity contribution in [1.82, 2.24) is 9.88 Å². The van der Waals surface area contributed by atoms with Crippen LogP contribution in [0.3, 0.4) is 0 Å². The first-order chi connectivity index (χ1) is 13.7. The Balaban J connectivity index is 1.38. The maximum absolute atomic E-state index is 12.7. The maximum atomic E-state index is 12.7. The van der Waals surface area contributed by atoms with Crippen LogP contribution in [0.25, 0.3) is 10.2 Å². The normalized spacial score (nSPS) is 15.5. The molecule has 6 nitrogen and oxygen atoms in total. The number of benzene rings is 2. The second-order valence-corrected chi connectivity index (χ2v) is 7.70.